The fourth-order valence-corrected chi connectivity index (χ4v) is 5.87. The number of anilines is 2. The van der Waals surface area contributed by atoms with Gasteiger partial charge in [0.1, 0.15) is 16.9 Å². The van der Waals surface area contributed by atoms with Crippen molar-refractivity contribution in [2.45, 2.75) is 52.6 Å². The Hall–Kier alpha value is -5.25. The summed E-state index contributed by atoms with van der Waals surface area (Å²) >= 11 is 0. The number of nitrogens with one attached hydrogen (secondary N) is 1. The monoisotopic (exact) mass is 617 g/mol. The Morgan fingerprint density at radius 1 is 0.978 bits per heavy atom. The second kappa shape index (κ2) is 12.6. The van der Waals surface area contributed by atoms with E-state index < -0.39 is 5.60 Å². The first-order chi connectivity index (χ1) is 22.0. The number of aromatic nitrogens is 4. The Kier molecular flexibility index (Phi) is 8.44. The maximum absolute atomic E-state index is 12.5. The van der Waals surface area contributed by atoms with Gasteiger partial charge in [0.15, 0.2) is 11.5 Å². The Morgan fingerprint density at radius 3 is 2.43 bits per heavy atom. The van der Waals surface area contributed by atoms with Crippen LogP contribution in [0.1, 0.15) is 46.1 Å². The molecule has 2 amide bonds. The second-order valence-corrected chi connectivity index (χ2v) is 12.8. The van der Waals surface area contributed by atoms with Crippen molar-refractivity contribution in [2.75, 3.05) is 24.1 Å². The number of nitrogens with two attached hydrogens (primary N) is 1. The summed E-state index contributed by atoms with van der Waals surface area (Å²) in [5.41, 5.74) is 12.4. The molecular weight excluding hydrogens is 578 g/mol. The lowest BCUT2D eigenvalue weighted by molar-refractivity contribution is -0.114. The number of nitrogens with zero attached hydrogens (tertiary/aromatic N) is 5. The van der Waals surface area contributed by atoms with E-state index in [1.54, 1.807) is 6.20 Å². The van der Waals surface area contributed by atoms with Crippen LogP contribution in [0.3, 0.4) is 0 Å². The lowest BCUT2D eigenvalue weighted by Crippen LogP contribution is -2.42. The van der Waals surface area contributed by atoms with Crippen molar-refractivity contribution < 1.29 is 14.3 Å². The van der Waals surface area contributed by atoms with Gasteiger partial charge >= 0.3 is 6.09 Å². The minimum atomic E-state index is -0.491. The summed E-state index contributed by atoms with van der Waals surface area (Å²) in [6.07, 6.45) is 4.24. The highest BCUT2D eigenvalue weighted by atomic mass is 16.6. The first kappa shape index (κ1) is 30.8. The molecule has 0 aliphatic carbocycles. The highest BCUT2D eigenvalue weighted by Gasteiger charge is 2.27. The topological polar surface area (TPSA) is 128 Å². The third kappa shape index (κ3) is 6.86. The third-order valence-electron chi connectivity index (χ3n) is 8.05. The van der Waals surface area contributed by atoms with E-state index in [2.05, 4.69) is 34.6 Å². The van der Waals surface area contributed by atoms with Gasteiger partial charge in [-0.05, 0) is 100 Å². The van der Waals surface area contributed by atoms with Crippen LogP contribution in [0, 0.1) is 5.92 Å². The number of fused-ring (bicyclic) bond motifs is 1. The molecule has 1 aliphatic heterocycles. The largest absolute Gasteiger partial charge is 0.444 e. The van der Waals surface area contributed by atoms with E-state index in [1.165, 1.54) is 12.5 Å². The molecule has 4 heterocycles. The van der Waals surface area contributed by atoms with Gasteiger partial charge in [-0.25, -0.2) is 19.7 Å². The standard InChI is InChI=1S/C36H39N7O3/c1-23(44)39-27-8-5-7-26(22-27)30-14-15-31-34(40-30)43(33(41-31)29-9-6-18-38-32(29)37)28-12-10-24(11-13-28)21-25-16-19-42(20-17-25)35(45)46-36(2,3)4/h5-15,18,22,25H,16-17,19-21H2,1-4H3,(H2,37,38)(H,39,44). The average molecular weight is 618 g/mol. The summed E-state index contributed by atoms with van der Waals surface area (Å²) in [6, 6.07) is 23.7. The number of hydrogen-bond donors (Lipinski definition) is 2. The summed E-state index contributed by atoms with van der Waals surface area (Å²) in [6.45, 7) is 8.58. The van der Waals surface area contributed by atoms with Gasteiger partial charge in [-0.2, -0.15) is 0 Å². The van der Waals surface area contributed by atoms with Crippen molar-refractivity contribution in [3.63, 3.8) is 0 Å². The van der Waals surface area contributed by atoms with Gasteiger partial charge in [0, 0.05) is 43.1 Å². The number of benzene rings is 2. The second-order valence-electron chi connectivity index (χ2n) is 12.8. The van der Waals surface area contributed by atoms with Crippen molar-refractivity contribution in [3.8, 4) is 28.3 Å². The maximum Gasteiger partial charge on any atom is 0.410 e. The van der Waals surface area contributed by atoms with Crippen molar-refractivity contribution in [3.05, 3.63) is 84.6 Å². The number of nitrogen functional groups attached to an aromatic ring is 1. The molecule has 2 aromatic carbocycles. The molecule has 10 nitrogen and oxygen atoms in total. The number of carbonyl (C=O) groups is 2. The van der Waals surface area contributed by atoms with E-state index in [0.29, 0.717) is 42.0 Å². The van der Waals surface area contributed by atoms with E-state index >= 15 is 0 Å². The highest BCUT2D eigenvalue weighted by molar-refractivity contribution is 5.90. The zero-order valence-electron chi connectivity index (χ0n) is 26.7. The minimum Gasteiger partial charge on any atom is -0.444 e. The summed E-state index contributed by atoms with van der Waals surface area (Å²) in [4.78, 5) is 40.3. The van der Waals surface area contributed by atoms with Crippen LogP contribution in [0.4, 0.5) is 16.3 Å². The number of hydrogen-bond acceptors (Lipinski definition) is 7. The number of likely N-dealkylation sites (tertiary alicyclic amines) is 1. The number of pyridine rings is 2. The van der Waals surface area contributed by atoms with E-state index in [-0.39, 0.29) is 12.0 Å². The molecule has 5 aromatic rings. The predicted molar refractivity (Wildman–Crippen MR) is 180 cm³/mol. The molecule has 3 N–H and O–H groups in total. The van der Waals surface area contributed by atoms with Crippen LogP contribution < -0.4 is 11.1 Å². The van der Waals surface area contributed by atoms with Gasteiger partial charge < -0.3 is 20.7 Å². The normalized spacial score (nSPS) is 14.0. The Morgan fingerprint density at radius 2 is 1.74 bits per heavy atom. The first-order valence-electron chi connectivity index (χ1n) is 15.6. The Balaban J connectivity index is 1.29. The molecule has 0 saturated carbocycles. The van der Waals surface area contributed by atoms with Crippen LogP contribution in [0.15, 0.2) is 79.0 Å². The molecule has 46 heavy (non-hydrogen) atoms. The molecule has 1 aliphatic rings. The van der Waals surface area contributed by atoms with Crippen molar-refractivity contribution in [1.82, 2.24) is 24.4 Å². The van der Waals surface area contributed by atoms with Crippen LogP contribution in [0.2, 0.25) is 0 Å². The number of carbonyl (C=O) groups excluding carboxylic acids is 2. The van der Waals surface area contributed by atoms with Gasteiger partial charge in [-0.1, -0.05) is 24.3 Å². The molecule has 1 saturated heterocycles. The van der Waals surface area contributed by atoms with Gasteiger partial charge in [0.05, 0.1) is 11.3 Å². The first-order valence-corrected chi connectivity index (χ1v) is 15.6. The molecule has 6 rings (SSSR count). The van der Waals surface area contributed by atoms with Gasteiger partial charge in [-0.15, -0.1) is 0 Å². The molecule has 0 atom stereocenters. The van der Waals surface area contributed by atoms with E-state index in [0.717, 1.165) is 47.3 Å². The van der Waals surface area contributed by atoms with Gasteiger partial charge in [-0.3, -0.25) is 9.36 Å². The number of rotatable bonds is 6. The lowest BCUT2D eigenvalue weighted by Gasteiger charge is -2.33. The van der Waals surface area contributed by atoms with Crippen molar-refractivity contribution in [1.29, 1.82) is 0 Å². The SMILES string of the molecule is CC(=O)Nc1cccc(-c2ccc3nc(-c4cccnc4N)n(-c4ccc(CC5CCN(C(=O)OC(C)(C)C)CC5)cc4)c3n2)c1. The number of ether oxygens (including phenoxy) is 1. The van der Waals surface area contributed by atoms with Crippen molar-refractivity contribution in [2.24, 2.45) is 5.92 Å². The third-order valence-corrected chi connectivity index (χ3v) is 8.05. The summed E-state index contributed by atoms with van der Waals surface area (Å²) < 4.78 is 7.58. The van der Waals surface area contributed by atoms with E-state index in [9.17, 15) is 9.59 Å². The summed E-state index contributed by atoms with van der Waals surface area (Å²) in [5.74, 6) is 1.39. The van der Waals surface area contributed by atoms with Crippen molar-refractivity contribution >= 4 is 34.7 Å². The van der Waals surface area contributed by atoms with Gasteiger partial charge in [0.2, 0.25) is 5.91 Å². The summed E-state index contributed by atoms with van der Waals surface area (Å²) in [7, 11) is 0. The molecule has 236 valence electrons. The number of amides is 2. The lowest BCUT2D eigenvalue weighted by atomic mass is 9.90. The van der Waals surface area contributed by atoms with Gasteiger partial charge in [0.25, 0.3) is 0 Å². The van der Waals surface area contributed by atoms with E-state index in [1.807, 2.05) is 78.8 Å². The zero-order valence-corrected chi connectivity index (χ0v) is 26.7. The average Bonchev–Trinajstić information content (AvgIpc) is 3.39. The molecule has 10 heteroatoms. The quantitative estimate of drug-likeness (QED) is 0.213. The Labute approximate surface area is 268 Å². The maximum atomic E-state index is 12.5. The Bertz CT molecular complexity index is 1880. The minimum absolute atomic E-state index is 0.132. The smallest absolute Gasteiger partial charge is 0.410 e. The highest BCUT2D eigenvalue weighted by Crippen LogP contribution is 2.33. The molecule has 0 bridgehead atoms. The van der Waals surface area contributed by atoms with Crippen LogP contribution in [0.5, 0.6) is 0 Å². The molecule has 3 aromatic heterocycles. The molecule has 1 fully saturated rings. The molecule has 0 radical (unpaired) electrons. The van der Waals surface area contributed by atoms with E-state index in [4.69, 9.17) is 20.4 Å². The predicted octanol–water partition coefficient (Wildman–Crippen LogP) is 6.88. The van der Waals surface area contributed by atoms with Crippen LogP contribution >= 0.6 is 0 Å². The van der Waals surface area contributed by atoms with Crippen LogP contribution in [-0.2, 0) is 16.0 Å². The number of piperidine rings is 1. The molecule has 0 spiro atoms. The molecule has 0 unspecified atom stereocenters. The summed E-state index contributed by atoms with van der Waals surface area (Å²) in [5, 5.41) is 2.84. The van der Waals surface area contributed by atoms with Crippen LogP contribution in [-0.4, -0.2) is 55.1 Å². The fourth-order valence-electron chi connectivity index (χ4n) is 5.87. The number of imidazole rings is 1. The van der Waals surface area contributed by atoms with Crippen LogP contribution in [0.25, 0.3) is 39.5 Å². The molecular formula is C36H39N7O3. The fraction of sp³-hybridized carbons (Fsp3) is 0.306. The zero-order chi connectivity index (χ0) is 32.4.